The maximum Gasteiger partial charge on any atom is 0.341 e. The predicted molar refractivity (Wildman–Crippen MR) is 120 cm³/mol. The largest absolute Gasteiger partial charge is 0.490 e. The molecular weight excluding hydrogens is 472 g/mol. The maximum atomic E-state index is 12.4. The lowest BCUT2D eigenvalue weighted by atomic mass is 10.2. The highest BCUT2D eigenvalue weighted by molar-refractivity contribution is 9.10. The molecule has 9 heteroatoms. The zero-order chi connectivity index (χ0) is 21.7. The van der Waals surface area contributed by atoms with Crippen molar-refractivity contribution in [3.8, 4) is 11.5 Å². The fourth-order valence-electron chi connectivity index (χ4n) is 2.54. The first-order valence-corrected chi connectivity index (χ1v) is 10.6. The highest BCUT2D eigenvalue weighted by Gasteiger charge is 2.24. The average Bonchev–Trinajstić information content (AvgIpc) is 3.03. The summed E-state index contributed by atoms with van der Waals surface area (Å²) in [5.41, 5.74) is 2.58. The maximum absolute atomic E-state index is 12.4. The summed E-state index contributed by atoms with van der Waals surface area (Å²) in [5.74, 6) is -0.634. The van der Waals surface area contributed by atoms with Gasteiger partial charge in [0, 0.05) is 4.47 Å². The fraction of sp³-hybridized carbons (Fsp3) is 0.190. The number of aryl methyl sites for hydroxylation is 1. The lowest BCUT2D eigenvalue weighted by molar-refractivity contribution is -0.139. The number of carboxylic acid groups (broad SMARTS) is 1. The van der Waals surface area contributed by atoms with Crippen LogP contribution < -0.4 is 14.8 Å². The number of nitrogens with zero attached hydrogens (tertiary/aromatic N) is 1. The molecule has 2 aromatic carbocycles. The van der Waals surface area contributed by atoms with Crippen molar-refractivity contribution in [2.24, 2.45) is 4.99 Å². The van der Waals surface area contributed by atoms with Gasteiger partial charge in [-0.05, 0) is 61.5 Å². The quantitative estimate of drug-likeness (QED) is 0.554. The molecule has 156 valence electrons. The molecule has 0 saturated carbocycles. The first-order valence-electron chi connectivity index (χ1n) is 9.03. The molecule has 30 heavy (non-hydrogen) atoms. The topological polar surface area (TPSA) is 97.2 Å². The van der Waals surface area contributed by atoms with E-state index in [9.17, 15) is 9.59 Å². The fourth-order valence-corrected chi connectivity index (χ4v) is 3.81. The van der Waals surface area contributed by atoms with Crippen molar-refractivity contribution in [1.29, 1.82) is 0 Å². The number of amidine groups is 1. The van der Waals surface area contributed by atoms with Crippen LogP contribution in [0.25, 0.3) is 6.08 Å². The van der Waals surface area contributed by atoms with Gasteiger partial charge in [-0.15, -0.1) is 0 Å². The molecule has 2 aromatic rings. The van der Waals surface area contributed by atoms with E-state index in [4.69, 9.17) is 14.6 Å². The minimum atomic E-state index is -1.08. The van der Waals surface area contributed by atoms with Gasteiger partial charge >= 0.3 is 5.97 Å². The third-order valence-electron chi connectivity index (χ3n) is 3.92. The van der Waals surface area contributed by atoms with Gasteiger partial charge in [-0.1, -0.05) is 33.6 Å². The molecule has 0 radical (unpaired) electrons. The third-order valence-corrected chi connectivity index (χ3v) is 5.51. The van der Waals surface area contributed by atoms with Crippen LogP contribution in [0.15, 0.2) is 50.8 Å². The van der Waals surface area contributed by atoms with Crippen LogP contribution in [0.5, 0.6) is 11.5 Å². The van der Waals surface area contributed by atoms with Crippen LogP contribution in [0.2, 0.25) is 0 Å². The number of ether oxygens (including phenoxy) is 2. The smallest absolute Gasteiger partial charge is 0.341 e. The SMILES string of the molecule is CCOc1cc(/C=C2/SC(=Nc3ccc(C)cc3)NC2=O)c(Br)cc1OCC(=O)O. The summed E-state index contributed by atoms with van der Waals surface area (Å²) in [6, 6.07) is 11.0. The summed E-state index contributed by atoms with van der Waals surface area (Å²) in [6.07, 6.45) is 1.71. The Labute approximate surface area is 186 Å². The van der Waals surface area contributed by atoms with Gasteiger partial charge < -0.3 is 19.9 Å². The number of nitrogens with one attached hydrogen (secondary N) is 1. The van der Waals surface area contributed by atoms with Crippen LogP contribution in [-0.2, 0) is 9.59 Å². The normalized spacial score (nSPS) is 16.0. The second kappa shape index (κ2) is 9.82. The minimum Gasteiger partial charge on any atom is -0.490 e. The van der Waals surface area contributed by atoms with Crippen LogP contribution in [-0.4, -0.2) is 35.4 Å². The van der Waals surface area contributed by atoms with Gasteiger partial charge in [0.15, 0.2) is 23.3 Å². The van der Waals surface area contributed by atoms with Gasteiger partial charge in [0.05, 0.1) is 17.2 Å². The summed E-state index contributed by atoms with van der Waals surface area (Å²) in [7, 11) is 0. The Balaban J connectivity index is 1.86. The average molecular weight is 491 g/mol. The highest BCUT2D eigenvalue weighted by Crippen LogP contribution is 2.37. The van der Waals surface area contributed by atoms with Crippen molar-refractivity contribution in [3.63, 3.8) is 0 Å². The summed E-state index contributed by atoms with van der Waals surface area (Å²) in [4.78, 5) is 28.1. The Hall–Kier alpha value is -2.78. The van der Waals surface area contributed by atoms with E-state index >= 15 is 0 Å². The molecule has 1 fully saturated rings. The zero-order valence-corrected chi connectivity index (χ0v) is 18.7. The zero-order valence-electron chi connectivity index (χ0n) is 16.3. The van der Waals surface area contributed by atoms with Crippen LogP contribution in [0, 0.1) is 6.92 Å². The molecule has 0 aliphatic carbocycles. The number of aliphatic imine (C=N–C) groups is 1. The molecular formula is C21H19BrN2O5S. The lowest BCUT2D eigenvalue weighted by Gasteiger charge is -2.13. The van der Waals surface area contributed by atoms with E-state index < -0.39 is 12.6 Å². The van der Waals surface area contributed by atoms with Gasteiger partial charge in [0.2, 0.25) is 0 Å². The lowest BCUT2D eigenvalue weighted by Crippen LogP contribution is -2.19. The predicted octanol–water partition coefficient (Wildman–Crippen LogP) is 4.51. The van der Waals surface area contributed by atoms with Crippen LogP contribution in [0.1, 0.15) is 18.1 Å². The van der Waals surface area contributed by atoms with Gasteiger partial charge in [0.1, 0.15) is 0 Å². The molecule has 1 amide bonds. The summed E-state index contributed by atoms with van der Waals surface area (Å²) < 4.78 is 11.5. The van der Waals surface area contributed by atoms with Gasteiger partial charge in [0.25, 0.3) is 5.91 Å². The number of hydrogen-bond donors (Lipinski definition) is 2. The third kappa shape index (κ3) is 5.64. The first kappa shape index (κ1) is 21.9. The van der Waals surface area contributed by atoms with Crippen molar-refractivity contribution in [3.05, 3.63) is 56.9 Å². The van der Waals surface area contributed by atoms with Crippen LogP contribution in [0.3, 0.4) is 0 Å². The van der Waals surface area contributed by atoms with Crippen molar-refractivity contribution < 1.29 is 24.2 Å². The van der Waals surface area contributed by atoms with E-state index in [1.807, 2.05) is 38.1 Å². The van der Waals surface area contributed by atoms with E-state index in [2.05, 4.69) is 26.2 Å². The van der Waals surface area contributed by atoms with E-state index in [1.165, 1.54) is 11.8 Å². The number of aliphatic carboxylic acids is 1. The van der Waals surface area contributed by atoms with Gasteiger partial charge in [-0.3, -0.25) is 4.79 Å². The molecule has 2 N–H and O–H groups in total. The van der Waals surface area contributed by atoms with E-state index in [0.29, 0.717) is 38.2 Å². The van der Waals surface area contributed by atoms with E-state index in [0.717, 1.165) is 11.3 Å². The Morgan fingerprint density at radius 3 is 2.60 bits per heavy atom. The van der Waals surface area contributed by atoms with Crippen molar-refractivity contribution in [1.82, 2.24) is 5.32 Å². The number of carboxylic acids is 1. The molecule has 0 atom stereocenters. The highest BCUT2D eigenvalue weighted by atomic mass is 79.9. The second-order valence-corrected chi connectivity index (χ2v) is 8.14. The first-order chi connectivity index (χ1) is 14.4. The van der Waals surface area contributed by atoms with Gasteiger partial charge in [-0.25, -0.2) is 9.79 Å². The Bertz CT molecular complexity index is 1030. The Morgan fingerprint density at radius 2 is 1.93 bits per heavy atom. The number of amides is 1. The number of carbonyl (C=O) groups is 2. The number of halogens is 1. The van der Waals surface area contributed by atoms with Crippen LogP contribution >= 0.6 is 27.7 Å². The standard InChI is InChI=1S/C21H19BrN2O5S/c1-3-28-16-8-13(15(22)10-17(16)29-11-19(25)26)9-18-20(27)24-21(30-18)23-14-6-4-12(2)5-7-14/h4-10H,3,11H2,1-2H3,(H,25,26)(H,23,24,27)/b18-9+. The molecule has 0 aromatic heterocycles. The van der Waals surface area contributed by atoms with Crippen molar-refractivity contribution >= 4 is 56.5 Å². The van der Waals surface area contributed by atoms with Crippen molar-refractivity contribution in [2.75, 3.05) is 13.2 Å². The summed E-state index contributed by atoms with van der Waals surface area (Å²) in [5, 5.41) is 12.1. The number of thioether (sulfide) groups is 1. The summed E-state index contributed by atoms with van der Waals surface area (Å²) >= 11 is 4.68. The number of benzene rings is 2. The Kier molecular flexibility index (Phi) is 7.17. The van der Waals surface area contributed by atoms with E-state index in [-0.39, 0.29) is 5.91 Å². The molecule has 1 saturated heterocycles. The summed E-state index contributed by atoms with van der Waals surface area (Å²) in [6.45, 7) is 3.71. The second-order valence-electron chi connectivity index (χ2n) is 6.25. The van der Waals surface area contributed by atoms with Gasteiger partial charge in [-0.2, -0.15) is 0 Å². The molecule has 7 nitrogen and oxygen atoms in total. The molecule has 3 rings (SSSR count). The minimum absolute atomic E-state index is 0.248. The molecule has 1 aliphatic heterocycles. The monoisotopic (exact) mass is 490 g/mol. The Morgan fingerprint density at radius 1 is 1.23 bits per heavy atom. The number of carbonyl (C=O) groups excluding carboxylic acids is 1. The molecule has 0 spiro atoms. The van der Waals surface area contributed by atoms with E-state index in [1.54, 1.807) is 18.2 Å². The number of hydrogen-bond acceptors (Lipinski definition) is 6. The molecule has 1 aliphatic rings. The number of rotatable bonds is 7. The molecule has 0 unspecified atom stereocenters. The van der Waals surface area contributed by atoms with Crippen molar-refractivity contribution in [2.45, 2.75) is 13.8 Å². The van der Waals surface area contributed by atoms with Crippen LogP contribution in [0.4, 0.5) is 5.69 Å². The molecule has 0 bridgehead atoms. The molecule has 1 heterocycles.